The fourth-order valence-corrected chi connectivity index (χ4v) is 3.83. The van der Waals surface area contributed by atoms with E-state index in [9.17, 15) is 9.59 Å². The van der Waals surface area contributed by atoms with Crippen LogP contribution < -0.4 is 10.1 Å². The Hall–Kier alpha value is -2.89. The van der Waals surface area contributed by atoms with Crippen molar-refractivity contribution < 1.29 is 14.3 Å². The van der Waals surface area contributed by atoms with Crippen molar-refractivity contribution in [3.05, 3.63) is 48.2 Å². The third-order valence-corrected chi connectivity index (χ3v) is 5.91. The number of aromatic nitrogens is 1. The third kappa shape index (κ3) is 3.86. The van der Waals surface area contributed by atoms with Crippen molar-refractivity contribution in [2.45, 2.75) is 25.7 Å². The molecule has 0 bridgehead atoms. The largest absolute Gasteiger partial charge is 0.481 e. The summed E-state index contributed by atoms with van der Waals surface area (Å²) in [5, 5.41) is 2.69. The highest BCUT2D eigenvalue weighted by atomic mass is 16.5. The van der Waals surface area contributed by atoms with E-state index >= 15 is 0 Å². The Balaban J connectivity index is 1.37. The predicted octanol–water partition coefficient (Wildman–Crippen LogP) is 2.89. The second-order valence-electron chi connectivity index (χ2n) is 7.68. The SMILES string of the molecule is COc1nc(C(=O)NCC(=O)N2CCC3(CC2)CC3)ccc1-c1ccccc1. The van der Waals surface area contributed by atoms with Crippen LogP contribution in [-0.4, -0.2) is 48.4 Å². The summed E-state index contributed by atoms with van der Waals surface area (Å²) in [4.78, 5) is 31.0. The number of benzene rings is 1. The highest BCUT2D eigenvalue weighted by Crippen LogP contribution is 2.53. The van der Waals surface area contributed by atoms with Crippen LogP contribution in [0.3, 0.4) is 0 Å². The maximum Gasteiger partial charge on any atom is 0.270 e. The summed E-state index contributed by atoms with van der Waals surface area (Å²) in [5.41, 5.74) is 2.55. The molecule has 1 aromatic heterocycles. The number of rotatable bonds is 5. The van der Waals surface area contributed by atoms with E-state index in [0.29, 0.717) is 11.3 Å². The van der Waals surface area contributed by atoms with Gasteiger partial charge in [0.05, 0.1) is 13.7 Å². The van der Waals surface area contributed by atoms with Gasteiger partial charge in [0.2, 0.25) is 11.8 Å². The average Bonchev–Trinajstić information content (AvgIpc) is 3.51. The van der Waals surface area contributed by atoms with Gasteiger partial charge in [0, 0.05) is 18.7 Å². The van der Waals surface area contributed by atoms with E-state index in [1.165, 1.54) is 20.0 Å². The molecule has 1 aliphatic carbocycles. The van der Waals surface area contributed by atoms with Gasteiger partial charge in [-0.3, -0.25) is 9.59 Å². The van der Waals surface area contributed by atoms with E-state index in [1.54, 1.807) is 6.07 Å². The molecular formula is C22H25N3O3. The quantitative estimate of drug-likeness (QED) is 0.867. The number of nitrogens with zero attached hydrogens (tertiary/aromatic N) is 2. The van der Waals surface area contributed by atoms with Crippen molar-refractivity contribution in [3.8, 4) is 17.0 Å². The molecule has 0 atom stereocenters. The summed E-state index contributed by atoms with van der Waals surface area (Å²) < 4.78 is 5.37. The zero-order chi connectivity index (χ0) is 19.6. The van der Waals surface area contributed by atoms with Gasteiger partial charge in [-0.25, -0.2) is 4.98 Å². The van der Waals surface area contributed by atoms with Gasteiger partial charge in [-0.1, -0.05) is 30.3 Å². The van der Waals surface area contributed by atoms with E-state index in [1.807, 2.05) is 41.3 Å². The minimum absolute atomic E-state index is 0.00370. The van der Waals surface area contributed by atoms with Crippen LogP contribution >= 0.6 is 0 Å². The molecule has 1 saturated heterocycles. The maximum atomic E-state index is 12.5. The normalized spacial score (nSPS) is 17.2. The number of hydrogen-bond donors (Lipinski definition) is 1. The molecule has 2 aromatic rings. The zero-order valence-electron chi connectivity index (χ0n) is 16.1. The molecule has 0 radical (unpaired) electrons. The highest BCUT2D eigenvalue weighted by molar-refractivity contribution is 5.95. The number of pyridine rings is 1. The fourth-order valence-electron chi connectivity index (χ4n) is 3.83. The van der Waals surface area contributed by atoms with Gasteiger partial charge < -0.3 is 15.0 Å². The zero-order valence-corrected chi connectivity index (χ0v) is 16.1. The number of hydrogen-bond acceptors (Lipinski definition) is 4. The van der Waals surface area contributed by atoms with E-state index in [4.69, 9.17) is 4.74 Å². The number of methoxy groups -OCH3 is 1. The van der Waals surface area contributed by atoms with Crippen LogP contribution in [0.5, 0.6) is 5.88 Å². The van der Waals surface area contributed by atoms with Gasteiger partial charge in [-0.05, 0) is 48.8 Å². The topological polar surface area (TPSA) is 71.5 Å². The van der Waals surface area contributed by atoms with Crippen LogP contribution in [0.2, 0.25) is 0 Å². The van der Waals surface area contributed by atoms with Crippen molar-refractivity contribution in [3.63, 3.8) is 0 Å². The van der Waals surface area contributed by atoms with Gasteiger partial charge in [0.1, 0.15) is 5.69 Å². The van der Waals surface area contributed by atoms with Gasteiger partial charge in [-0.2, -0.15) is 0 Å². The van der Waals surface area contributed by atoms with Crippen LogP contribution in [-0.2, 0) is 4.79 Å². The lowest BCUT2D eigenvalue weighted by molar-refractivity contribution is -0.131. The Labute approximate surface area is 164 Å². The standard InChI is InChI=1S/C22H25N3O3/c1-28-21-17(16-5-3-2-4-6-16)7-8-18(24-21)20(27)23-15-19(26)25-13-11-22(9-10-22)12-14-25/h2-8H,9-15H2,1H3,(H,23,27). The summed E-state index contributed by atoms with van der Waals surface area (Å²) in [5.74, 6) is -0.0189. The number of carbonyl (C=O) groups is 2. The number of nitrogens with one attached hydrogen (secondary N) is 1. The van der Waals surface area contributed by atoms with Crippen molar-refractivity contribution in [2.75, 3.05) is 26.7 Å². The smallest absolute Gasteiger partial charge is 0.270 e. The highest BCUT2D eigenvalue weighted by Gasteiger charge is 2.44. The number of amides is 2. The molecule has 1 saturated carbocycles. The summed E-state index contributed by atoms with van der Waals surface area (Å²) in [6, 6.07) is 13.2. The Morgan fingerprint density at radius 3 is 2.43 bits per heavy atom. The molecule has 1 N–H and O–H groups in total. The van der Waals surface area contributed by atoms with Crippen molar-refractivity contribution in [1.82, 2.24) is 15.2 Å². The molecule has 4 rings (SSSR count). The number of carbonyl (C=O) groups excluding carboxylic acids is 2. The molecule has 1 aromatic carbocycles. The van der Waals surface area contributed by atoms with E-state index < -0.39 is 0 Å². The second kappa shape index (κ2) is 7.62. The van der Waals surface area contributed by atoms with Gasteiger partial charge >= 0.3 is 0 Å². The molecule has 0 unspecified atom stereocenters. The van der Waals surface area contributed by atoms with Crippen LogP contribution in [0.15, 0.2) is 42.5 Å². The van der Waals surface area contributed by atoms with E-state index in [2.05, 4.69) is 10.3 Å². The first-order chi connectivity index (χ1) is 13.6. The molecular weight excluding hydrogens is 354 g/mol. The van der Waals surface area contributed by atoms with Gasteiger partial charge in [0.25, 0.3) is 5.91 Å². The molecule has 146 valence electrons. The van der Waals surface area contributed by atoms with Crippen molar-refractivity contribution in [2.24, 2.45) is 5.41 Å². The minimum Gasteiger partial charge on any atom is -0.481 e. The number of piperidine rings is 1. The first-order valence-corrected chi connectivity index (χ1v) is 9.77. The van der Waals surface area contributed by atoms with Gasteiger partial charge in [0.15, 0.2) is 0 Å². The average molecular weight is 379 g/mol. The number of likely N-dealkylation sites (tertiary alicyclic amines) is 1. The Kier molecular flexibility index (Phi) is 5.03. The van der Waals surface area contributed by atoms with Crippen molar-refractivity contribution >= 4 is 11.8 Å². The Morgan fingerprint density at radius 2 is 1.79 bits per heavy atom. The first kappa shape index (κ1) is 18.5. The molecule has 1 aliphatic heterocycles. The van der Waals surface area contributed by atoms with Crippen LogP contribution in [0.4, 0.5) is 0 Å². The summed E-state index contributed by atoms with van der Waals surface area (Å²) in [6.45, 7) is 1.59. The number of ether oxygens (including phenoxy) is 1. The molecule has 2 amide bonds. The Bertz CT molecular complexity index is 868. The second-order valence-corrected chi connectivity index (χ2v) is 7.68. The molecule has 2 aliphatic rings. The van der Waals surface area contributed by atoms with Crippen molar-refractivity contribution in [1.29, 1.82) is 0 Å². The predicted molar refractivity (Wildman–Crippen MR) is 106 cm³/mol. The Morgan fingerprint density at radius 1 is 1.07 bits per heavy atom. The molecule has 2 fully saturated rings. The van der Waals surface area contributed by atoms with E-state index in [0.717, 1.165) is 37.1 Å². The minimum atomic E-state index is -0.373. The molecule has 6 nitrogen and oxygen atoms in total. The third-order valence-electron chi connectivity index (χ3n) is 5.91. The lowest BCUT2D eigenvalue weighted by Gasteiger charge is -2.32. The fraction of sp³-hybridized carbons (Fsp3) is 0.409. The first-order valence-electron chi connectivity index (χ1n) is 9.77. The lowest BCUT2D eigenvalue weighted by Crippen LogP contribution is -2.44. The molecule has 2 heterocycles. The molecule has 28 heavy (non-hydrogen) atoms. The maximum absolute atomic E-state index is 12.5. The summed E-state index contributed by atoms with van der Waals surface area (Å²) >= 11 is 0. The molecule has 6 heteroatoms. The summed E-state index contributed by atoms with van der Waals surface area (Å²) in [7, 11) is 1.53. The van der Waals surface area contributed by atoms with Crippen LogP contribution in [0.25, 0.3) is 11.1 Å². The van der Waals surface area contributed by atoms with Crippen LogP contribution in [0, 0.1) is 5.41 Å². The summed E-state index contributed by atoms with van der Waals surface area (Å²) in [6.07, 6.45) is 4.79. The molecule has 1 spiro atoms. The van der Waals surface area contributed by atoms with Crippen LogP contribution in [0.1, 0.15) is 36.2 Å². The lowest BCUT2D eigenvalue weighted by atomic mass is 9.94. The monoisotopic (exact) mass is 379 g/mol. The van der Waals surface area contributed by atoms with E-state index in [-0.39, 0.29) is 24.1 Å². The van der Waals surface area contributed by atoms with Gasteiger partial charge in [-0.15, -0.1) is 0 Å².